The molecule has 0 aromatic heterocycles. The second kappa shape index (κ2) is 7.61. The maximum absolute atomic E-state index is 12.1. The van der Waals surface area contributed by atoms with E-state index in [4.69, 9.17) is 4.74 Å². The second-order valence-corrected chi connectivity index (χ2v) is 9.31. The SMILES string of the molecule is CCOC(=O)N1CCC2(CC(N3CCC(N(CC4CC4)C(C)=O)CC3)C2)C1. The number of amides is 2. The number of piperidine rings is 1. The number of ether oxygens (including phenoxy) is 1. The summed E-state index contributed by atoms with van der Waals surface area (Å²) in [6, 6.07) is 1.11. The van der Waals surface area contributed by atoms with E-state index in [2.05, 4.69) is 9.80 Å². The van der Waals surface area contributed by atoms with E-state index in [0.29, 0.717) is 24.1 Å². The third kappa shape index (κ3) is 4.10. The van der Waals surface area contributed by atoms with Gasteiger partial charge in [0, 0.05) is 51.7 Å². The van der Waals surface area contributed by atoms with E-state index in [0.717, 1.165) is 57.9 Å². The monoisotopic (exact) mass is 377 g/mol. The molecule has 2 saturated heterocycles. The van der Waals surface area contributed by atoms with E-state index < -0.39 is 0 Å². The number of carbonyl (C=O) groups excluding carboxylic acids is 2. The number of carbonyl (C=O) groups is 2. The Morgan fingerprint density at radius 1 is 1.11 bits per heavy atom. The van der Waals surface area contributed by atoms with Crippen molar-refractivity contribution in [2.75, 3.05) is 39.3 Å². The maximum Gasteiger partial charge on any atom is 0.409 e. The van der Waals surface area contributed by atoms with E-state index in [1.807, 2.05) is 11.8 Å². The largest absolute Gasteiger partial charge is 0.450 e. The summed E-state index contributed by atoms with van der Waals surface area (Å²) in [4.78, 5) is 30.7. The number of likely N-dealkylation sites (tertiary alicyclic amines) is 2. The van der Waals surface area contributed by atoms with Crippen LogP contribution in [0.5, 0.6) is 0 Å². The van der Waals surface area contributed by atoms with Gasteiger partial charge in [0.05, 0.1) is 6.61 Å². The van der Waals surface area contributed by atoms with Gasteiger partial charge in [-0.1, -0.05) is 0 Å². The molecule has 0 radical (unpaired) electrons. The number of nitrogens with zero attached hydrogens (tertiary/aromatic N) is 3. The lowest BCUT2D eigenvalue weighted by molar-refractivity contribution is -0.132. The normalized spacial score (nSPS) is 31.8. The van der Waals surface area contributed by atoms with Gasteiger partial charge in [-0.15, -0.1) is 0 Å². The Labute approximate surface area is 163 Å². The molecule has 2 aliphatic heterocycles. The summed E-state index contributed by atoms with van der Waals surface area (Å²) in [6.45, 7) is 8.99. The molecule has 0 aromatic rings. The highest BCUT2D eigenvalue weighted by Gasteiger charge is 2.51. The van der Waals surface area contributed by atoms with Gasteiger partial charge in [-0.3, -0.25) is 4.79 Å². The summed E-state index contributed by atoms with van der Waals surface area (Å²) in [7, 11) is 0. The van der Waals surface area contributed by atoms with E-state index >= 15 is 0 Å². The minimum Gasteiger partial charge on any atom is -0.450 e. The zero-order chi connectivity index (χ0) is 19.0. The second-order valence-electron chi connectivity index (χ2n) is 9.31. The van der Waals surface area contributed by atoms with Crippen molar-refractivity contribution in [1.29, 1.82) is 0 Å². The van der Waals surface area contributed by atoms with Crippen LogP contribution < -0.4 is 0 Å². The molecule has 4 fully saturated rings. The molecule has 0 N–H and O–H groups in total. The summed E-state index contributed by atoms with van der Waals surface area (Å²) in [5, 5.41) is 0. The average Bonchev–Trinajstić information content (AvgIpc) is 3.33. The molecule has 152 valence electrons. The molecular formula is C21H35N3O3. The standard InChI is InChI=1S/C21H35N3O3/c1-3-27-20(26)23-11-8-21(15-23)12-19(13-21)22-9-6-18(7-10-22)24(16(2)25)14-17-4-5-17/h17-19H,3-15H2,1-2H3. The van der Waals surface area contributed by atoms with Crippen LogP contribution in [0.3, 0.4) is 0 Å². The van der Waals surface area contributed by atoms with Crippen molar-refractivity contribution in [1.82, 2.24) is 14.7 Å². The Hall–Kier alpha value is -1.30. The van der Waals surface area contributed by atoms with Gasteiger partial charge in [0.15, 0.2) is 0 Å². The molecule has 0 unspecified atom stereocenters. The lowest BCUT2D eigenvalue weighted by Gasteiger charge is -2.52. The minimum atomic E-state index is -0.140. The van der Waals surface area contributed by atoms with Crippen molar-refractivity contribution in [3.63, 3.8) is 0 Å². The van der Waals surface area contributed by atoms with Gasteiger partial charge in [0.1, 0.15) is 0 Å². The predicted octanol–water partition coefficient (Wildman–Crippen LogP) is 2.72. The van der Waals surface area contributed by atoms with Crippen molar-refractivity contribution < 1.29 is 14.3 Å². The third-order valence-electron chi connectivity index (χ3n) is 7.31. The van der Waals surface area contributed by atoms with Crippen LogP contribution in [0.2, 0.25) is 0 Å². The van der Waals surface area contributed by atoms with Crippen LogP contribution in [0.25, 0.3) is 0 Å². The van der Waals surface area contributed by atoms with Gasteiger partial charge >= 0.3 is 6.09 Å². The Balaban J connectivity index is 1.22. The molecule has 4 rings (SSSR count). The quantitative estimate of drug-likeness (QED) is 0.739. The molecular weight excluding hydrogens is 342 g/mol. The third-order valence-corrected chi connectivity index (χ3v) is 7.31. The highest BCUT2D eigenvalue weighted by Crippen LogP contribution is 2.50. The molecule has 2 heterocycles. The lowest BCUT2D eigenvalue weighted by atomic mass is 9.64. The highest BCUT2D eigenvalue weighted by atomic mass is 16.6. The fourth-order valence-corrected chi connectivity index (χ4v) is 5.51. The van der Waals surface area contributed by atoms with Crippen molar-refractivity contribution >= 4 is 12.0 Å². The lowest BCUT2D eigenvalue weighted by Crippen LogP contribution is -2.56. The molecule has 6 heteroatoms. The van der Waals surface area contributed by atoms with Crippen molar-refractivity contribution in [3.8, 4) is 0 Å². The van der Waals surface area contributed by atoms with Crippen LogP contribution in [-0.2, 0) is 9.53 Å². The summed E-state index contributed by atoms with van der Waals surface area (Å²) in [5.41, 5.74) is 0.339. The van der Waals surface area contributed by atoms with Gasteiger partial charge in [0.25, 0.3) is 0 Å². The first kappa shape index (κ1) is 19.0. The highest BCUT2D eigenvalue weighted by molar-refractivity contribution is 5.73. The fourth-order valence-electron chi connectivity index (χ4n) is 5.51. The Kier molecular flexibility index (Phi) is 5.36. The Bertz CT molecular complexity index is 563. The molecule has 1 spiro atoms. The first-order chi connectivity index (χ1) is 13.0. The van der Waals surface area contributed by atoms with Crippen molar-refractivity contribution in [2.24, 2.45) is 11.3 Å². The van der Waals surface area contributed by atoms with Crippen LogP contribution in [0.15, 0.2) is 0 Å². The van der Waals surface area contributed by atoms with Gasteiger partial charge in [-0.25, -0.2) is 4.79 Å². The van der Waals surface area contributed by atoms with Crippen LogP contribution >= 0.6 is 0 Å². The predicted molar refractivity (Wildman–Crippen MR) is 103 cm³/mol. The molecule has 2 amide bonds. The molecule has 6 nitrogen and oxygen atoms in total. The first-order valence-corrected chi connectivity index (χ1v) is 10.9. The van der Waals surface area contributed by atoms with E-state index in [1.165, 1.54) is 25.7 Å². The Morgan fingerprint density at radius 3 is 2.41 bits per heavy atom. The summed E-state index contributed by atoms with van der Waals surface area (Å²) >= 11 is 0. The van der Waals surface area contributed by atoms with Gasteiger partial charge in [0.2, 0.25) is 5.91 Å². The summed E-state index contributed by atoms with van der Waals surface area (Å²) < 4.78 is 5.16. The topological polar surface area (TPSA) is 53.1 Å². The minimum absolute atomic E-state index is 0.140. The van der Waals surface area contributed by atoms with E-state index in [-0.39, 0.29) is 12.0 Å². The Morgan fingerprint density at radius 2 is 1.81 bits per heavy atom. The zero-order valence-electron chi connectivity index (χ0n) is 17.0. The average molecular weight is 378 g/mol. The first-order valence-electron chi connectivity index (χ1n) is 10.9. The fraction of sp³-hybridized carbons (Fsp3) is 0.905. The van der Waals surface area contributed by atoms with Gasteiger partial charge in [-0.05, 0) is 63.2 Å². The smallest absolute Gasteiger partial charge is 0.409 e. The van der Waals surface area contributed by atoms with Crippen LogP contribution in [0.1, 0.15) is 58.8 Å². The van der Waals surface area contributed by atoms with Gasteiger partial charge in [-0.2, -0.15) is 0 Å². The molecule has 2 aliphatic carbocycles. The number of hydrogen-bond acceptors (Lipinski definition) is 4. The van der Waals surface area contributed by atoms with E-state index in [1.54, 1.807) is 6.92 Å². The van der Waals surface area contributed by atoms with Crippen molar-refractivity contribution in [3.05, 3.63) is 0 Å². The molecule has 4 aliphatic rings. The number of hydrogen-bond donors (Lipinski definition) is 0. The molecule has 2 saturated carbocycles. The van der Waals surface area contributed by atoms with Crippen LogP contribution in [-0.4, -0.2) is 78.1 Å². The summed E-state index contributed by atoms with van der Waals surface area (Å²) in [5.74, 6) is 1.02. The maximum atomic E-state index is 12.1. The zero-order valence-corrected chi connectivity index (χ0v) is 17.0. The number of rotatable bonds is 5. The van der Waals surface area contributed by atoms with Crippen molar-refractivity contribution in [2.45, 2.75) is 70.9 Å². The van der Waals surface area contributed by atoms with E-state index in [9.17, 15) is 9.59 Å². The molecule has 0 atom stereocenters. The van der Waals surface area contributed by atoms with Crippen LogP contribution in [0.4, 0.5) is 4.79 Å². The summed E-state index contributed by atoms with van der Waals surface area (Å²) in [6.07, 6.45) is 8.25. The van der Waals surface area contributed by atoms with Crippen LogP contribution in [0, 0.1) is 11.3 Å². The molecule has 27 heavy (non-hydrogen) atoms. The molecule has 0 aromatic carbocycles. The van der Waals surface area contributed by atoms with Gasteiger partial charge < -0.3 is 19.4 Å². The molecule has 0 bridgehead atoms.